The Morgan fingerprint density at radius 3 is 2.89 bits per heavy atom. The molecular weight excluding hydrogens is 228 g/mol. The molecule has 1 aromatic rings. The standard InChI is InChI=1S/C15H20O3/c1-2-12-7-3-4-9-15(12,18)13-8-5-6-11(10-13)14(16)17/h5-6,8,10,12,18H,2-4,7,9H2,1H3,(H,16,17). The molecule has 98 valence electrons. The zero-order chi connectivity index (χ0) is 13.2. The van der Waals surface area contributed by atoms with Gasteiger partial charge < -0.3 is 10.2 Å². The van der Waals surface area contributed by atoms with Gasteiger partial charge in [0, 0.05) is 0 Å². The van der Waals surface area contributed by atoms with Gasteiger partial charge in [0.25, 0.3) is 0 Å². The average molecular weight is 248 g/mol. The van der Waals surface area contributed by atoms with E-state index in [1.165, 1.54) is 0 Å². The van der Waals surface area contributed by atoms with E-state index < -0.39 is 11.6 Å². The van der Waals surface area contributed by atoms with Crippen LogP contribution in [0.15, 0.2) is 24.3 Å². The summed E-state index contributed by atoms with van der Waals surface area (Å²) in [5.74, 6) is -0.709. The van der Waals surface area contributed by atoms with Crippen LogP contribution in [0.2, 0.25) is 0 Å². The fourth-order valence-corrected chi connectivity index (χ4v) is 3.07. The number of carboxylic acid groups (broad SMARTS) is 1. The Kier molecular flexibility index (Phi) is 3.71. The van der Waals surface area contributed by atoms with E-state index in [1.807, 2.05) is 6.07 Å². The Labute approximate surface area is 107 Å². The van der Waals surface area contributed by atoms with Crippen molar-refractivity contribution in [3.63, 3.8) is 0 Å². The highest BCUT2D eigenvalue weighted by molar-refractivity contribution is 5.87. The van der Waals surface area contributed by atoms with Gasteiger partial charge >= 0.3 is 5.97 Å². The molecule has 2 unspecified atom stereocenters. The van der Waals surface area contributed by atoms with E-state index in [2.05, 4.69) is 6.92 Å². The molecule has 1 fully saturated rings. The normalized spacial score (nSPS) is 28.0. The molecule has 1 aromatic carbocycles. The number of carboxylic acids is 1. The summed E-state index contributed by atoms with van der Waals surface area (Å²) in [7, 11) is 0. The van der Waals surface area contributed by atoms with Gasteiger partial charge in [-0.15, -0.1) is 0 Å². The number of aliphatic hydroxyl groups is 1. The molecule has 3 nitrogen and oxygen atoms in total. The van der Waals surface area contributed by atoms with Gasteiger partial charge in [0.1, 0.15) is 0 Å². The fourth-order valence-electron chi connectivity index (χ4n) is 3.07. The second-order valence-corrected chi connectivity index (χ2v) is 5.16. The maximum absolute atomic E-state index is 11.0. The first-order chi connectivity index (χ1) is 8.58. The lowest BCUT2D eigenvalue weighted by Crippen LogP contribution is -2.37. The monoisotopic (exact) mass is 248 g/mol. The molecule has 0 saturated heterocycles. The van der Waals surface area contributed by atoms with E-state index in [0.717, 1.165) is 37.7 Å². The zero-order valence-electron chi connectivity index (χ0n) is 10.7. The first-order valence-corrected chi connectivity index (χ1v) is 6.64. The van der Waals surface area contributed by atoms with Gasteiger partial charge in [-0.2, -0.15) is 0 Å². The van der Waals surface area contributed by atoms with Crippen LogP contribution in [-0.2, 0) is 5.60 Å². The van der Waals surface area contributed by atoms with Crippen molar-refractivity contribution < 1.29 is 15.0 Å². The van der Waals surface area contributed by atoms with Gasteiger partial charge in [-0.05, 0) is 36.5 Å². The smallest absolute Gasteiger partial charge is 0.335 e. The highest BCUT2D eigenvalue weighted by atomic mass is 16.4. The summed E-state index contributed by atoms with van der Waals surface area (Å²) < 4.78 is 0. The Balaban J connectivity index is 2.38. The van der Waals surface area contributed by atoms with Crippen molar-refractivity contribution in [1.29, 1.82) is 0 Å². The van der Waals surface area contributed by atoms with E-state index in [-0.39, 0.29) is 11.5 Å². The maximum atomic E-state index is 11.0. The third-order valence-electron chi connectivity index (χ3n) is 4.14. The molecule has 0 heterocycles. The number of aromatic carboxylic acids is 1. The number of hydrogen-bond acceptors (Lipinski definition) is 2. The van der Waals surface area contributed by atoms with Crippen LogP contribution in [-0.4, -0.2) is 16.2 Å². The Hall–Kier alpha value is -1.35. The first kappa shape index (κ1) is 13.1. The lowest BCUT2D eigenvalue weighted by molar-refractivity contribution is -0.0557. The zero-order valence-corrected chi connectivity index (χ0v) is 10.7. The molecule has 1 saturated carbocycles. The summed E-state index contributed by atoms with van der Waals surface area (Å²) >= 11 is 0. The second kappa shape index (κ2) is 5.11. The Morgan fingerprint density at radius 2 is 2.22 bits per heavy atom. The van der Waals surface area contributed by atoms with Crippen molar-refractivity contribution in [3.8, 4) is 0 Å². The molecule has 0 radical (unpaired) electrons. The van der Waals surface area contributed by atoms with Crippen LogP contribution in [0.1, 0.15) is 54.9 Å². The summed E-state index contributed by atoms with van der Waals surface area (Å²) in [6, 6.07) is 6.76. The topological polar surface area (TPSA) is 57.5 Å². The summed E-state index contributed by atoms with van der Waals surface area (Å²) in [5, 5.41) is 19.9. The first-order valence-electron chi connectivity index (χ1n) is 6.64. The van der Waals surface area contributed by atoms with E-state index in [9.17, 15) is 9.90 Å². The molecule has 0 amide bonds. The second-order valence-electron chi connectivity index (χ2n) is 5.16. The van der Waals surface area contributed by atoms with E-state index in [0.29, 0.717) is 0 Å². The van der Waals surface area contributed by atoms with Gasteiger partial charge in [0.2, 0.25) is 0 Å². The van der Waals surface area contributed by atoms with Crippen molar-refractivity contribution >= 4 is 5.97 Å². The quantitative estimate of drug-likeness (QED) is 0.863. The molecule has 18 heavy (non-hydrogen) atoms. The highest BCUT2D eigenvalue weighted by Crippen LogP contribution is 2.43. The summed E-state index contributed by atoms with van der Waals surface area (Å²) in [5.41, 5.74) is 0.161. The lowest BCUT2D eigenvalue weighted by Gasteiger charge is -2.40. The predicted octanol–water partition coefficient (Wildman–Crippen LogP) is 3.17. The van der Waals surface area contributed by atoms with E-state index >= 15 is 0 Å². The van der Waals surface area contributed by atoms with Crippen molar-refractivity contribution in [2.45, 2.75) is 44.6 Å². The van der Waals surface area contributed by atoms with Crippen molar-refractivity contribution in [2.75, 3.05) is 0 Å². The molecule has 2 N–H and O–H groups in total. The molecule has 0 spiro atoms. The number of carbonyl (C=O) groups is 1. The summed E-state index contributed by atoms with van der Waals surface area (Å²) in [6.07, 6.45) is 4.83. The van der Waals surface area contributed by atoms with Crippen LogP contribution >= 0.6 is 0 Å². The van der Waals surface area contributed by atoms with Crippen LogP contribution in [0.5, 0.6) is 0 Å². The number of benzene rings is 1. The molecule has 0 aliphatic heterocycles. The minimum atomic E-state index is -0.940. The van der Waals surface area contributed by atoms with Crippen LogP contribution in [0.4, 0.5) is 0 Å². The molecule has 1 aliphatic rings. The molecule has 2 rings (SSSR count). The van der Waals surface area contributed by atoms with E-state index in [4.69, 9.17) is 5.11 Å². The minimum absolute atomic E-state index is 0.232. The third kappa shape index (κ3) is 2.27. The van der Waals surface area contributed by atoms with Gasteiger partial charge in [0.05, 0.1) is 11.2 Å². The summed E-state index contributed by atoms with van der Waals surface area (Å²) in [4.78, 5) is 11.0. The van der Waals surface area contributed by atoms with E-state index in [1.54, 1.807) is 18.2 Å². The van der Waals surface area contributed by atoms with Crippen LogP contribution < -0.4 is 0 Å². The van der Waals surface area contributed by atoms with Crippen LogP contribution in [0.25, 0.3) is 0 Å². The molecule has 0 aromatic heterocycles. The largest absolute Gasteiger partial charge is 0.478 e. The molecular formula is C15H20O3. The fraction of sp³-hybridized carbons (Fsp3) is 0.533. The molecule has 1 aliphatic carbocycles. The van der Waals surface area contributed by atoms with Crippen molar-refractivity contribution in [2.24, 2.45) is 5.92 Å². The number of rotatable bonds is 3. The average Bonchev–Trinajstić information content (AvgIpc) is 2.39. The molecule has 2 atom stereocenters. The van der Waals surface area contributed by atoms with Crippen molar-refractivity contribution in [1.82, 2.24) is 0 Å². The Morgan fingerprint density at radius 1 is 1.44 bits per heavy atom. The molecule has 0 bridgehead atoms. The van der Waals surface area contributed by atoms with Crippen molar-refractivity contribution in [3.05, 3.63) is 35.4 Å². The van der Waals surface area contributed by atoms with Gasteiger partial charge in [0.15, 0.2) is 0 Å². The van der Waals surface area contributed by atoms with Gasteiger partial charge in [-0.1, -0.05) is 38.3 Å². The summed E-state index contributed by atoms with van der Waals surface area (Å²) in [6.45, 7) is 2.09. The predicted molar refractivity (Wildman–Crippen MR) is 69.5 cm³/mol. The number of hydrogen-bond donors (Lipinski definition) is 2. The van der Waals surface area contributed by atoms with Gasteiger partial charge in [-0.25, -0.2) is 4.79 Å². The Bertz CT molecular complexity index is 441. The lowest BCUT2D eigenvalue weighted by atomic mass is 9.70. The highest BCUT2D eigenvalue weighted by Gasteiger charge is 2.39. The van der Waals surface area contributed by atoms with Crippen LogP contribution in [0, 0.1) is 5.92 Å². The third-order valence-corrected chi connectivity index (χ3v) is 4.14. The minimum Gasteiger partial charge on any atom is -0.478 e. The molecule has 3 heteroatoms. The SMILES string of the molecule is CCC1CCCCC1(O)c1cccc(C(=O)O)c1. The maximum Gasteiger partial charge on any atom is 0.335 e. The van der Waals surface area contributed by atoms with Gasteiger partial charge in [-0.3, -0.25) is 0 Å². The van der Waals surface area contributed by atoms with Crippen LogP contribution in [0.3, 0.4) is 0 Å².